The van der Waals surface area contributed by atoms with Crippen LogP contribution in [0.3, 0.4) is 0 Å². The van der Waals surface area contributed by atoms with Gasteiger partial charge < -0.3 is 5.32 Å². The van der Waals surface area contributed by atoms with E-state index in [9.17, 15) is 0 Å². The molecule has 0 aromatic carbocycles. The third-order valence-corrected chi connectivity index (χ3v) is 2.16. The van der Waals surface area contributed by atoms with Crippen LogP contribution in [-0.4, -0.2) is 13.6 Å². The minimum absolute atomic E-state index is 0.915. The summed E-state index contributed by atoms with van der Waals surface area (Å²) in [7, 11) is 1.96. The first-order valence-corrected chi connectivity index (χ1v) is 6.29. The predicted molar refractivity (Wildman–Crippen MR) is 81.4 cm³/mol. The van der Waals surface area contributed by atoms with Crippen molar-refractivity contribution < 1.29 is 0 Å². The van der Waals surface area contributed by atoms with Gasteiger partial charge in [0, 0.05) is 6.54 Å². The van der Waals surface area contributed by atoms with Crippen LogP contribution < -0.4 is 5.32 Å². The van der Waals surface area contributed by atoms with E-state index in [1.165, 1.54) is 22.3 Å². The van der Waals surface area contributed by atoms with Gasteiger partial charge in [-0.2, -0.15) is 0 Å². The molecule has 0 aromatic heterocycles. The van der Waals surface area contributed by atoms with E-state index in [1.54, 1.807) is 0 Å². The highest BCUT2D eigenvalue weighted by atomic mass is 14.8. The maximum absolute atomic E-state index is 3.93. The van der Waals surface area contributed by atoms with E-state index in [1.807, 2.05) is 33.9 Å². The van der Waals surface area contributed by atoms with Crippen molar-refractivity contribution in [1.82, 2.24) is 5.32 Å². The molecule has 0 saturated heterocycles. The second-order valence-electron chi connectivity index (χ2n) is 4.07. The first-order chi connectivity index (χ1) is 8.01. The lowest BCUT2D eigenvalue weighted by Crippen LogP contribution is -2.08. The Kier molecular flexibility index (Phi) is 12.3. The molecule has 17 heavy (non-hydrogen) atoms. The van der Waals surface area contributed by atoms with Crippen molar-refractivity contribution in [3.05, 3.63) is 47.6 Å². The molecule has 0 amide bonds. The summed E-state index contributed by atoms with van der Waals surface area (Å²) in [5.74, 6) is 0. The Bertz CT molecular complexity index is 293. The second-order valence-corrected chi connectivity index (χ2v) is 4.07. The number of likely N-dealkylation sites (N-methyl/N-ethyl adjacent to an activating group) is 1. The van der Waals surface area contributed by atoms with Crippen molar-refractivity contribution in [3.8, 4) is 0 Å². The minimum Gasteiger partial charge on any atom is -0.316 e. The Morgan fingerprint density at radius 2 is 1.71 bits per heavy atom. The number of hydrogen-bond donors (Lipinski definition) is 1. The smallest absolute Gasteiger partial charge is 0.0162 e. The van der Waals surface area contributed by atoms with Gasteiger partial charge in [0.15, 0.2) is 0 Å². The second kappa shape index (κ2) is 11.4. The Morgan fingerprint density at radius 3 is 2.06 bits per heavy atom. The lowest BCUT2D eigenvalue weighted by atomic mass is 10.0. The van der Waals surface area contributed by atoms with E-state index in [0.717, 1.165) is 13.0 Å². The summed E-state index contributed by atoms with van der Waals surface area (Å²) < 4.78 is 0. The van der Waals surface area contributed by atoms with Crippen molar-refractivity contribution in [3.63, 3.8) is 0 Å². The molecule has 0 saturated carbocycles. The Hall–Kier alpha value is -1.08. The normalized spacial score (nSPS) is 12.2. The third-order valence-electron chi connectivity index (χ3n) is 2.16. The topological polar surface area (TPSA) is 12.0 Å². The average Bonchev–Trinajstić information content (AvgIpc) is 2.28. The first kappa shape index (κ1) is 18.3. The SMILES string of the molecule is C=C/C(CC(=C)C)=C(C)\C=C(/C)CNC.CC. The van der Waals surface area contributed by atoms with Crippen LogP contribution in [0.5, 0.6) is 0 Å². The lowest BCUT2D eigenvalue weighted by Gasteiger charge is -2.06. The fraction of sp³-hybridized carbons (Fsp3) is 0.500. The van der Waals surface area contributed by atoms with Crippen LogP contribution >= 0.6 is 0 Å². The maximum Gasteiger partial charge on any atom is 0.0162 e. The van der Waals surface area contributed by atoms with Crippen molar-refractivity contribution in [2.24, 2.45) is 0 Å². The molecule has 0 aliphatic rings. The van der Waals surface area contributed by atoms with Crippen LogP contribution in [-0.2, 0) is 0 Å². The van der Waals surface area contributed by atoms with Gasteiger partial charge in [-0.3, -0.25) is 0 Å². The Morgan fingerprint density at radius 1 is 1.18 bits per heavy atom. The summed E-state index contributed by atoms with van der Waals surface area (Å²) in [5.41, 5.74) is 5.04. The largest absolute Gasteiger partial charge is 0.316 e. The van der Waals surface area contributed by atoms with Gasteiger partial charge in [0.25, 0.3) is 0 Å². The van der Waals surface area contributed by atoms with Gasteiger partial charge in [-0.05, 0) is 45.4 Å². The van der Waals surface area contributed by atoms with Gasteiger partial charge in [-0.1, -0.05) is 50.3 Å². The van der Waals surface area contributed by atoms with Gasteiger partial charge >= 0.3 is 0 Å². The molecule has 98 valence electrons. The fourth-order valence-electron chi connectivity index (χ4n) is 1.49. The molecular weight excluding hydrogens is 206 g/mol. The van der Waals surface area contributed by atoms with E-state index >= 15 is 0 Å². The van der Waals surface area contributed by atoms with E-state index in [2.05, 4.69) is 38.4 Å². The summed E-state index contributed by atoms with van der Waals surface area (Å²) in [5, 5.41) is 3.14. The van der Waals surface area contributed by atoms with Crippen molar-refractivity contribution in [1.29, 1.82) is 0 Å². The van der Waals surface area contributed by atoms with Crippen molar-refractivity contribution in [2.45, 2.75) is 41.0 Å². The van der Waals surface area contributed by atoms with E-state index in [0.29, 0.717) is 0 Å². The molecular formula is C16H29N. The van der Waals surface area contributed by atoms with E-state index in [4.69, 9.17) is 0 Å². The Balaban J connectivity index is 0. The van der Waals surface area contributed by atoms with Crippen molar-refractivity contribution >= 4 is 0 Å². The zero-order valence-corrected chi connectivity index (χ0v) is 12.5. The van der Waals surface area contributed by atoms with Gasteiger partial charge in [-0.15, -0.1) is 0 Å². The first-order valence-electron chi connectivity index (χ1n) is 6.29. The summed E-state index contributed by atoms with van der Waals surface area (Å²) in [6.45, 7) is 19.0. The van der Waals surface area contributed by atoms with Crippen LogP contribution in [0.25, 0.3) is 0 Å². The summed E-state index contributed by atoms with van der Waals surface area (Å²) in [6.07, 6.45) is 5.04. The van der Waals surface area contributed by atoms with Gasteiger partial charge in [0.1, 0.15) is 0 Å². The van der Waals surface area contributed by atoms with Crippen molar-refractivity contribution in [2.75, 3.05) is 13.6 Å². The minimum atomic E-state index is 0.915. The summed E-state index contributed by atoms with van der Waals surface area (Å²) in [6, 6.07) is 0. The van der Waals surface area contributed by atoms with Crippen LogP contribution in [0.4, 0.5) is 0 Å². The fourth-order valence-corrected chi connectivity index (χ4v) is 1.49. The molecule has 0 radical (unpaired) electrons. The molecule has 0 bridgehead atoms. The molecule has 0 rings (SSSR count). The highest BCUT2D eigenvalue weighted by Gasteiger charge is 1.98. The number of hydrogen-bond acceptors (Lipinski definition) is 1. The third kappa shape index (κ3) is 9.83. The highest BCUT2D eigenvalue weighted by Crippen LogP contribution is 2.16. The van der Waals surface area contributed by atoms with Crippen LogP contribution in [0.15, 0.2) is 47.6 Å². The highest BCUT2D eigenvalue weighted by molar-refractivity contribution is 5.35. The molecule has 0 spiro atoms. The van der Waals surface area contributed by atoms with Crippen LogP contribution in [0.1, 0.15) is 41.0 Å². The number of nitrogens with one attached hydrogen (secondary N) is 1. The lowest BCUT2D eigenvalue weighted by molar-refractivity contribution is 0.878. The molecule has 1 N–H and O–H groups in total. The van der Waals surface area contributed by atoms with Gasteiger partial charge in [-0.25, -0.2) is 0 Å². The monoisotopic (exact) mass is 235 g/mol. The van der Waals surface area contributed by atoms with Crippen LogP contribution in [0.2, 0.25) is 0 Å². The molecule has 0 atom stereocenters. The standard InChI is InChI=1S/C14H23N.C2H6/c1-7-14(8-11(2)3)13(5)9-12(4)10-15-6;1-2/h7,9,15H,1-2,8,10H2,3-6H3;1-2H3/b12-9+,14-13+;. The predicted octanol–water partition coefficient (Wildman–Crippen LogP) is 4.65. The molecule has 0 aromatic rings. The van der Waals surface area contributed by atoms with E-state index < -0.39 is 0 Å². The van der Waals surface area contributed by atoms with Gasteiger partial charge in [0.2, 0.25) is 0 Å². The molecule has 0 heterocycles. The maximum atomic E-state index is 3.93. The van der Waals surface area contributed by atoms with E-state index in [-0.39, 0.29) is 0 Å². The molecule has 0 aliphatic heterocycles. The quantitative estimate of drug-likeness (QED) is 0.522. The number of rotatable bonds is 6. The summed E-state index contributed by atoms with van der Waals surface area (Å²) >= 11 is 0. The molecule has 0 unspecified atom stereocenters. The zero-order valence-electron chi connectivity index (χ0n) is 12.5. The molecule has 1 heteroatoms. The zero-order chi connectivity index (χ0) is 13.8. The number of allylic oxidation sites excluding steroid dienone is 5. The average molecular weight is 235 g/mol. The van der Waals surface area contributed by atoms with Gasteiger partial charge in [0.05, 0.1) is 0 Å². The van der Waals surface area contributed by atoms with Crippen LogP contribution in [0, 0.1) is 0 Å². The molecule has 1 nitrogen and oxygen atoms in total. The summed E-state index contributed by atoms with van der Waals surface area (Å²) in [4.78, 5) is 0. The molecule has 0 fully saturated rings. The Labute approximate surface area is 108 Å². The molecule has 0 aliphatic carbocycles.